The van der Waals surface area contributed by atoms with E-state index < -0.39 is 24.3 Å². The van der Waals surface area contributed by atoms with E-state index in [1.54, 1.807) is 18.2 Å². The summed E-state index contributed by atoms with van der Waals surface area (Å²) in [4.78, 5) is 12.1. The summed E-state index contributed by atoms with van der Waals surface area (Å²) in [6.07, 6.45) is -3.70. The molecule has 164 valence electrons. The van der Waals surface area contributed by atoms with Crippen LogP contribution in [0.15, 0.2) is 42.5 Å². The molecule has 0 aliphatic rings. The molecular formula is C21H25F3N2O4. The second-order valence-corrected chi connectivity index (χ2v) is 6.57. The van der Waals surface area contributed by atoms with E-state index in [0.29, 0.717) is 18.0 Å². The molecule has 9 heteroatoms. The molecule has 0 radical (unpaired) electrons. The summed E-state index contributed by atoms with van der Waals surface area (Å²) < 4.78 is 49.0. The Morgan fingerprint density at radius 2 is 1.93 bits per heavy atom. The van der Waals surface area contributed by atoms with Crippen molar-refractivity contribution in [2.75, 3.05) is 25.6 Å². The number of halogens is 3. The molecular weight excluding hydrogens is 401 g/mol. The van der Waals surface area contributed by atoms with E-state index in [1.165, 1.54) is 19.2 Å². The fourth-order valence-corrected chi connectivity index (χ4v) is 2.66. The summed E-state index contributed by atoms with van der Waals surface area (Å²) in [7, 11) is 1.46. The van der Waals surface area contributed by atoms with Gasteiger partial charge in [-0.3, -0.25) is 4.79 Å². The number of alkyl halides is 3. The van der Waals surface area contributed by atoms with E-state index in [2.05, 4.69) is 10.6 Å². The molecule has 30 heavy (non-hydrogen) atoms. The Kier molecular flexibility index (Phi) is 8.49. The summed E-state index contributed by atoms with van der Waals surface area (Å²) >= 11 is 0. The number of benzene rings is 2. The molecule has 0 saturated heterocycles. The van der Waals surface area contributed by atoms with Crippen molar-refractivity contribution in [3.05, 3.63) is 53.6 Å². The molecule has 0 fully saturated rings. The van der Waals surface area contributed by atoms with Crippen LogP contribution in [-0.2, 0) is 17.5 Å². The summed E-state index contributed by atoms with van der Waals surface area (Å²) in [6.45, 7) is 2.13. The topological polar surface area (TPSA) is 79.8 Å². The summed E-state index contributed by atoms with van der Waals surface area (Å²) in [5.41, 5.74) is 0.0827. The van der Waals surface area contributed by atoms with Crippen molar-refractivity contribution in [1.82, 2.24) is 5.32 Å². The molecule has 0 saturated carbocycles. The molecule has 0 bridgehead atoms. The van der Waals surface area contributed by atoms with Gasteiger partial charge in [0.15, 0.2) is 18.1 Å². The van der Waals surface area contributed by atoms with Crippen molar-refractivity contribution in [3.63, 3.8) is 0 Å². The number of carbonyl (C=O) groups excluding carboxylic acids is 1. The molecule has 3 N–H and O–H groups in total. The van der Waals surface area contributed by atoms with Crippen LogP contribution in [0.1, 0.15) is 24.5 Å². The third-order valence-electron chi connectivity index (χ3n) is 4.37. The zero-order chi connectivity index (χ0) is 22.1. The number of anilines is 1. The minimum absolute atomic E-state index is 0.00790. The van der Waals surface area contributed by atoms with Crippen molar-refractivity contribution >= 4 is 11.6 Å². The molecule has 0 unspecified atom stereocenters. The van der Waals surface area contributed by atoms with E-state index in [1.807, 2.05) is 6.92 Å². The van der Waals surface area contributed by atoms with E-state index in [9.17, 15) is 23.1 Å². The Hall–Kier alpha value is -2.78. The molecule has 2 aromatic carbocycles. The molecule has 2 rings (SSSR count). The largest absolute Gasteiger partial charge is 0.493 e. The summed E-state index contributed by atoms with van der Waals surface area (Å²) in [5, 5.41) is 14.8. The standard InChI is InChI=1S/C21H25F3N2O4/c1-3-16(12-27)25-11-14-7-8-18(19(9-14)29-2)30-13-20(28)26-17-6-4-5-15(10-17)21(22,23)24/h4-10,16,25,27H,3,11-13H2,1-2H3,(H,26,28)/t16-/m0/s1. The Balaban J connectivity index is 1.95. The number of amides is 1. The lowest BCUT2D eigenvalue weighted by Crippen LogP contribution is -2.31. The number of hydrogen-bond donors (Lipinski definition) is 3. The van der Waals surface area contributed by atoms with Crippen LogP contribution in [0, 0.1) is 0 Å². The van der Waals surface area contributed by atoms with Gasteiger partial charge in [-0.15, -0.1) is 0 Å². The molecule has 6 nitrogen and oxygen atoms in total. The highest BCUT2D eigenvalue weighted by atomic mass is 19.4. The molecule has 0 aromatic heterocycles. The number of rotatable bonds is 10. The Morgan fingerprint density at radius 1 is 1.17 bits per heavy atom. The first-order valence-corrected chi connectivity index (χ1v) is 9.37. The van der Waals surface area contributed by atoms with Crippen molar-refractivity contribution in [2.45, 2.75) is 32.1 Å². The van der Waals surface area contributed by atoms with Gasteiger partial charge in [-0.05, 0) is 42.3 Å². The average Bonchev–Trinajstić information content (AvgIpc) is 2.72. The van der Waals surface area contributed by atoms with Gasteiger partial charge >= 0.3 is 6.18 Å². The fraction of sp³-hybridized carbons (Fsp3) is 0.381. The van der Waals surface area contributed by atoms with Crippen LogP contribution in [0.4, 0.5) is 18.9 Å². The highest BCUT2D eigenvalue weighted by Gasteiger charge is 2.30. The zero-order valence-corrected chi connectivity index (χ0v) is 16.8. The van der Waals surface area contributed by atoms with Gasteiger partial charge in [-0.25, -0.2) is 0 Å². The van der Waals surface area contributed by atoms with Crippen molar-refractivity contribution in [2.24, 2.45) is 0 Å². The SMILES string of the molecule is CC[C@@H](CO)NCc1ccc(OCC(=O)Nc2cccc(C(F)(F)F)c2)c(OC)c1. The average molecular weight is 426 g/mol. The highest BCUT2D eigenvalue weighted by Crippen LogP contribution is 2.31. The molecule has 0 spiro atoms. The minimum atomic E-state index is -4.49. The lowest BCUT2D eigenvalue weighted by Gasteiger charge is -2.16. The fourth-order valence-electron chi connectivity index (χ4n) is 2.66. The summed E-state index contributed by atoms with van der Waals surface area (Å²) in [6, 6.07) is 9.55. The molecule has 0 heterocycles. The lowest BCUT2D eigenvalue weighted by atomic mass is 10.1. The third-order valence-corrected chi connectivity index (χ3v) is 4.37. The smallest absolute Gasteiger partial charge is 0.416 e. The second kappa shape index (κ2) is 10.8. The number of ether oxygens (including phenoxy) is 2. The van der Waals surface area contributed by atoms with Crippen LogP contribution in [0.25, 0.3) is 0 Å². The van der Waals surface area contributed by atoms with Gasteiger partial charge in [0.05, 0.1) is 19.3 Å². The van der Waals surface area contributed by atoms with Crippen LogP contribution in [0.5, 0.6) is 11.5 Å². The van der Waals surface area contributed by atoms with Crippen LogP contribution in [-0.4, -0.2) is 37.4 Å². The van der Waals surface area contributed by atoms with Crippen molar-refractivity contribution in [1.29, 1.82) is 0 Å². The van der Waals surface area contributed by atoms with E-state index in [-0.39, 0.29) is 18.3 Å². The second-order valence-electron chi connectivity index (χ2n) is 6.57. The number of aliphatic hydroxyl groups is 1. The molecule has 1 amide bonds. The molecule has 0 aliphatic carbocycles. The molecule has 2 aromatic rings. The molecule has 1 atom stereocenters. The van der Waals surface area contributed by atoms with Gasteiger partial charge in [-0.2, -0.15) is 13.2 Å². The van der Waals surface area contributed by atoms with Crippen LogP contribution in [0.2, 0.25) is 0 Å². The quantitative estimate of drug-likeness (QED) is 0.541. The van der Waals surface area contributed by atoms with Crippen molar-refractivity contribution < 1.29 is 32.5 Å². The normalized spacial score (nSPS) is 12.3. The maximum absolute atomic E-state index is 12.8. The number of nitrogens with one attached hydrogen (secondary N) is 2. The Labute approximate surface area is 173 Å². The van der Waals surface area contributed by atoms with Gasteiger partial charge < -0.3 is 25.2 Å². The van der Waals surface area contributed by atoms with E-state index in [4.69, 9.17) is 9.47 Å². The van der Waals surface area contributed by atoms with Crippen LogP contribution >= 0.6 is 0 Å². The maximum Gasteiger partial charge on any atom is 0.416 e. The van der Waals surface area contributed by atoms with Gasteiger partial charge in [0.1, 0.15) is 0 Å². The summed E-state index contributed by atoms with van der Waals surface area (Å²) in [5.74, 6) is 0.142. The Bertz CT molecular complexity index is 839. The Morgan fingerprint density at radius 3 is 2.57 bits per heavy atom. The molecule has 0 aliphatic heterocycles. The first-order valence-electron chi connectivity index (χ1n) is 9.37. The first-order chi connectivity index (χ1) is 14.3. The number of methoxy groups -OCH3 is 1. The van der Waals surface area contributed by atoms with E-state index in [0.717, 1.165) is 24.1 Å². The van der Waals surface area contributed by atoms with E-state index >= 15 is 0 Å². The predicted octanol–water partition coefficient (Wildman–Crippen LogP) is 3.59. The zero-order valence-electron chi connectivity index (χ0n) is 16.8. The first kappa shape index (κ1) is 23.5. The van der Waals surface area contributed by atoms with Gasteiger partial charge in [0, 0.05) is 18.3 Å². The predicted molar refractivity (Wildman–Crippen MR) is 107 cm³/mol. The van der Waals surface area contributed by atoms with Crippen LogP contribution in [0.3, 0.4) is 0 Å². The van der Waals surface area contributed by atoms with Gasteiger partial charge in [0.25, 0.3) is 5.91 Å². The van der Waals surface area contributed by atoms with Crippen LogP contribution < -0.4 is 20.1 Å². The maximum atomic E-state index is 12.8. The van der Waals surface area contributed by atoms with Crippen molar-refractivity contribution in [3.8, 4) is 11.5 Å². The lowest BCUT2D eigenvalue weighted by molar-refractivity contribution is -0.137. The third kappa shape index (κ3) is 6.93. The number of carbonyl (C=O) groups is 1. The van der Waals surface area contributed by atoms with Gasteiger partial charge in [0.2, 0.25) is 0 Å². The minimum Gasteiger partial charge on any atom is -0.493 e. The monoisotopic (exact) mass is 426 g/mol. The highest BCUT2D eigenvalue weighted by molar-refractivity contribution is 5.92. The number of aliphatic hydroxyl groups excluding tert-OH is 1. The number of hydrogen-bond acceptors (Lipinski definition) is 5. The van der Waals surface area contributed by atoms with Gasteiger partial charge in [-0.1, -0.05) is 19.1 Å².